The molecule has 21 heavy (non-hydrogen) atoms. The van der Waals surface area contributed by atoms with Gasteiger partial charge in [0.1, 0.15) is 0 Å². The van der Waals surface area contributed by atoms with E-state index in [0.29, 0.717) is 12.2 Å². The average molecular weight is 298 g/mol. The van der Waals surface area contributed by atoms with Gasteiger partial charge < -0.3 is 14.4 Å². The summed E-state index contributed by atoms with van der Waals surface area (Å²) in [4.78, 5) is 5.04. The zero-order valence-corrected chi connectivity index (χ0v) is 14.4. The molecule has 2 fully saturated rings. The van der Waals surface area contributed by atoms with E-state index in [9.17, 15) is 0 Å². The lowest BCUT2D eigenvalue weighted by molar-refractivity contribution is -0.0325. The highest BCUT2D eigenvalue weighted by Crippen LogP contribution is 2.25. The molecule has 1 saturated carbocycles. The Morgan fingerprint density at radius 1 is 0.952 bits per heavy atom. The molecule has 0 aromatic rings. The molecule has 0 amide bonds. The maximum absolute atomic E-state index is 6.13. The summed E-state index contributed by atoms with van der Waals surface area (Å²) in [6.07, 6.45) is 6.68. The second-order valence-corrected chi connectivity index (χ2v) is 7.36. The summed E-state index contributed by atoms with van der Waals surface area (Å²) in [6.45, 7) is 10.4. The summed E-state index contributed by atoms with van der Waals surface area (Å²) < 4.78 is 11.6. The summed E-state index contributed by atoms with van der Waals surface area (Å²) >= 11 is 0. The van der Waals surface area contributed by atoms with E-state index in [1.165, 1.54) is 26.2 Å². The van der Waals surface area contributed by atoms with Crippen molar-refractivity contribution in [2.24, 2.45) is 0 Å². The number of piperazine rings is 1. The zero-order valence-electron chi connectivity index (χ0n) is 14.4. The van der Waals surface area contributed by atoms with Gasteiger partial charge in [-0.1, -0.05) is 0 Å². The highest BCUT2D eigenvalue weighted by atomic mass is 16.5. The molecule has 0 spiro atoms. The Hall–Kier alpha value is -0.160. The van der Waals surface area contributed by atoms with Gasteiger partial charge in [-0.05, 0) is 53.0 Å². The largest absolute Gasteiger partial charge is 0.381 e. The molecular weight excluding hydrogens is 264 g/mol. The fraction of sp³-hybridized carbons (Fsp3) is 1.00. The molecule has 0 bridgehead atoms. The van der Waals surface area contributed by atoms with E-state index < -0.39 is 0 Å². The first-order valence-corrected chi connectivity index (χ1v) is 8.59. The van der Waals surface area contributed by atoms with Crippen LogP contribution in [-0.4, -0.2) is 74.5 Å². The lowest BCUT2D eigenvalue weighted by atomic mass is 9.94. The molecule has 0 aromatic heterocycles. The number of rotatable bonds is 6. The maximum Gasteiger partial charge on any atom is 0.0577 e. The highest BCUT2D eigenvalue weighted by molar-refractivity contribution is 4.85. The number of ether oxygens (including phenoxy) is 2. The molecule has 0 radical (unpaired) electrons. The van der Waals surface area contributed by atoms with Crippen molar-refractivity contribution in [1.82, 2.24) is 9.80 Å². The van der Waals surface area contributed by atoms with Gasteiger partial charge >= 0.3 is 0 Å². The predicted octanol–water partition coefficient (Wildman–Crippen LogP) is 2.38. The smallest absolute Gasteiger partial charge is 0.0577 e. The highest BCUT2D eigenvalue weighted by Gasteiger charge is 2.29. The van der Waals surface area contributed by atoms with Crippen molar-refractivity contribution in [2.75, 3.05) is 46.9 Å². The molecular formula is C17H34N2O2. The molecule has 4 nitrogen and oxygen atoms in total. The minimum atomic E-state index is 0.255. The van der Waals surface area contributed by atoms with E-state index in [0.717, 1.165) is 38.7 Å². The molecule has 124 valence electrons. The Morgan fingerprint density at radius 2 is 1.52 bits per heavy atom. The quantitative estimate of drug-likeness (QED) is 0.752. The molecule has 4 heteroatoms. The third kappa shape index (κ3) is 5.20. The standard InChI is InChI=1S/C17H34N2O2/c1-17(2,19-12-10-18(3)11-13-19)9-14-21-16-7-5-15(20-4)6-8-16/h15-16H,5-14H2,1-4H3. The third-order valence-corrected chi connectivity index (χ3v) is 5.38. The fourth-order valence-electron chi connectivity index (χ4n) is 3.48. The van der Waals surface area contributed by atoms with Gasteiger partial charge in [-0.3, -0.25) is 4.90 Å². The Bertz CT molecular complexity index is 293. The van der Waals surface area contributed by atoms with Crippen molar-refractivity contribution in [3.8, 4) is 0 Å². The van der Waals surface area contributed by atoms with E-state index in [4.69, 9.17) is 9.47 Å². The first-order chi connectivity index (χ1) is 10.0. The first kappa shape index (κ1) is 17.2. The van der Waals surface area contributed by atoms with Crippen LogP contribution in [0.1, 0.15) is 46.0 Å². The summed E-state index contributed by atoms with van der Waals surface area (Å²) in [5.41, 5.74) is 0.255. The van der Waals surface area contributed by atoms with Crippen LogP contribution in [0.25, 0.3) is 0 Å². The van der Waals surface area contributed by atoms with E-state index in [-0.39, 0.29) is 5.54 Å². The van der Waals surface area contributed by atoms with Crippen molar-refractivity contribution < 1.29 is 9.47 Å². The SMILES string of the molecule is COC1CCC(OCCC(C)(C)N2CCN(C)CC2)CC1. The number of hydrogen-bond acceptors (Lipinski definition) is 4. The molecule has 0 N–H and O–H groups in total. The minimum Gasteiger partial charge on any atom is -0.381 e. The van der Waals surface area contributed by atoms with Gasteiger partial charge in [0.25, 0.3) is 0 Å². The minimum absolute atomic E-state index is 0.255. The van der Waals surface area contributed by atoms with Crippen LogP contribution < -0.4 is 0 Å². The number of likely N-dealkylation sites (N-methyl/N-ethyl adjacent to an activating group) is 1. The van der Waals surface area contributed by atoms with Crippen molar-refractivity contribution in [1.29, 1.82) is 0 Å². The Labute approximate surface area is 130 Å². The second-order valence-electron chi connectivity index (χ2n) is 7.36. The Kier molecular flexibility index (Phi) is 6.48. The fourth-order valence-corrected chi connectivity index (χ4v) is 3.48. The Morgan fingerprint density at radius 3 is 2.10 bits per heavy atom. The normalized spacial score (nSPS) is 29.7. The van der Waals surface area contributed by atoms with E-state index in [2.05, 4.69) is 30.7 Å². The monoisotopic (exact) mass is 298 g/mol. The zero-order chi connectivity index (χ0) is 15.3. The number of nitrogens with zero attached hydrogens (tertiary/aromatic N) is 2. The lowest BCUT2D eigenvalue weighted by Crippen LogP contribution is -2.54. The van der Waals surface area contributed by atoms with Crippen LogP contribution in [0.3, 0.4) is 0 Å². The van der Waals surface area contributed by atoms with E-state index in [1.807, 2.05) is 7.11 Å². The Balaban J connectivity index is 1.65. The van der Waals surface area contributed by atoms with Crippen LogP contribution in [0, 0.1) is 0 Å². The van der Waals surface area contributed by atoms with Crippen molar-refractivity contribution in [3.63, 3.8) is 0 Å². The summed E-state index contributed by atoms with van der Waals surface area (Å²) in [6, 6.07) is 0. The molecule has 2 rings (SSSR count). The van der Waals surface area contributed by atoms with Gasteiger partial charge in [0.15, 0.2) is 0 Å². The molecule has 1 aliphatic carbocycles. The number of hydrogen-bond donors (Lipinski definition) is 0. The van der Waals surface area contributed by atoms with Gasteiger partial charge in [0.2, 0.25) is 0 Å². The summed E-state index contributed by atoms with van der Waals surface area (Å²) in [7, 11) is 4.04. The molecule has 0 aromatic carbocycles. The molecule has 1 aliphatic heterocycles. The van der Waals surface area contributed by atoms with Crippen LogP contribution in [0.5, 0.6) is 0 Å². The van der Waals surface area contributed by atoms with Gasteiger partial charge in [-0.2, -0.15) is 0 Å². The molecule has 0 unspecified atom stereocenters. The van der Waals surface area contributed by atoms with Gasteiger partial charge in [-0.25, -0.2) is 0 Å². The molecule has 1 heterocycles. The van der Waals surface area contributed by atoms with Crippen molar-refractivity contribution in [3.05, 3.63) is 0 Å². The van der Waals surface area contributed by atoms with Gasteiger partial charge in [-0.15, -0.1) is 0 Å². The summed E-state index contributed by atoms with van der Waals surface area (Å²) in [5.74, 6) is 0. The molecule has 1 saturated heterocycles. The number of methoxy groups -OCH3 is 1. The van der Waals surface area contributed by atoms with E-state index in [1.54, 1.807) is 0 Å². The topological polar surface area (TPSA) is 24.9 Å². The predicted molar refractivity (Wildman–Crippen MR) is 86.8 cm³/mol. The van der Waals surface area contributed by atoms with Gasteiger partial charge in [0, 0.05) is 45.4 Å². The van der Waals surface area contributed by atoms with Gasteiger partial charge in [0.05, 0.1) is 12.2 Å². The average Bonchev–Trinajstić information content (AvgIpc) is 2.48. The second kappa shape index (κ2) is 7.91. The van der Waals surface area contributed by atoms with E-state index >= 15 is 0 Å². The van der Waals surface area contributed by atoms with Crippen molar-refractivity contribution in [2.45, 2.75) is 63.7 Å². The van der Waals surface area contributed by atoms with Crippen LogP contribution >= 0.6 is 0 Å². The molecule has 2 aliphatic rings. The third-order valence-electron chi connectivity index (χ3n) is 5.38. The van der Waals surface area contributed by atoms with Crippen LogP contribution in [-0.2, 0) is 9.47 Å². The van der Waals surface area contributed by atoms with Crippen LogP contribution in [0.2, 0.25) is 0 Å². The first-order valence-electron chi connectivity index (χ1n) is 8.59. The molecule has 0 atom stereocenters. The summed E-state index contributed by atoms with van der Waals surface area (Å²) in [5, 5.41) is 0. The lowest BCUT2D eigenvalue weighted by Gasteiger charge is -2.43. The van der Waals surface area contributed by atoms with Crippen LogP contribution in [0.15, 0.2) is 0 Å². The van der Waals surface area contributed by atoms with Crippen LogP contribution in [0.4, 0.5) is 0 Å². The maximum atomic E-state index is 6.13. The van der Waals surface area contributed by atoms with Crippen molar-refractivity contribution >= 4 is 0 Å².